The van der Waals surface area contributed by atoms with Crippen LogP contribution in [0.15, 0.2) is 27.7 Å². The van der Waals surface area contributed by atoms with Crippen molar-refractivity contribution in [3.05, 3.63) is 45.5 Å². The lowest BCUT2D eigenvalue weighted by molar-refractivity contribution is 0.397. The van der Waals surface area contributed by atoms with Crippen molar-refractivity contribution in [3.63, 3.8) is 0 Å². The smallest absolute Gasteiger partial charge is 0.297 e. The van der Waals surface area contributed by atoms with Crippen molar-refractivity contribution in [2.75, 3.05) is 7.11 Å². The van der Waals surface area contributed by atoms with Crippen LogP contribution >= 0.6 is 11.6 Å². The Balaban J connectivity index is 2.37. The van der Waals surface area contributed by atoms with Gasteiger partial charge in [0.15, 0.2) is 5.15 Å². The van der Waals surface area contributed by atoms with Crippen LogP contribution in [-0.4, -0.2) is 16.7 Å². The van der Waals surface area contributed by atoms with Gasteiger partial charge in [-0.2, -0.15) is 0 Å². The number of aromatic nitrogens is 2. The lowest BCUT2D eigenvalue weighted by Crippen LogP contribution is -2.22. The lowest BCUT2D eigenvalue weighted by atomic mass is 10.4. The zero-order valence-electron chi connectivity index (χ0n) is 9.44. The predicted molar refractivity (Wildman–Crippen MR) is 62.6 cm³/mol. The summed E-state index contributed by atoms with van der Waals surface area (Å²) in [6.45, 7) is 2.14. The molecule has 6 heteroatoms. The van der Waals surface area contributed by atoms with Gasteiger partial charge in [-0.1, -0.05) is 11.6 Å². The van der Waals surface area contributed by atoms with Crippen LogP contribution in [0.25, 0.3) is 0 Å². The molecule has 0 amide bonds. The fourth-order valence-corrected chi connectivity index (χ4v) is 1.67. The lowest BCUT2D eigenvalue weighted by Gasteiger charge is -2.06. The number of nitrogens with zero attached hydrogens (tertiary/aromatic N) is 2. The van der Waals surface area contributed by atoms with Crippen LogP contribution in [0, 0.1) is 6.92 Å². The molecule has 0 N–H and O–H groups in total. The molecule has 0 spiro atoms. The molecular formula is C11H11ClN2O3. The van der Waals surface area contributed by atoms with Crippen molar-refractivity contribution < 1.29 is 9.15 Å². The highest BCUT2D eigenvalue weighted by molar-refractivity contribution is 6.30. The third-order valence-corrected chi connectivity index (χ3v) is 2.55. The van der Waals surface area contributed by atoms with Gasteiger partial charge in [-0.3, -0.25) is 9.36 Å². The van der Waals surface area contributed by atoms with Crippen LogP contribution in [0.5, 0.6) is 5.75 Å². The number of aryl methyl sites for hydroxylation is 1. The van der Waals surface area contributed by atoms with E-state index in [0.717, 1.165) is 5.76 Å². The van der Waals surface area contributed by atoms with Crippen molar-refractivity contribution in [3.8, 4) is 5.75 Å². The van der Waals surface area contributed by atoms with Gasteiger partial charge < -0.3 is 9.15 Å². The monoisotopic (exact) mass is 254 g/mol. The Morgan fingerprint density at radius 3 is 2.88 bits per heavy atom. The molecule has 5 nitrogen and oxygen atoms in total. The van der Waals surface area contributed by atoms with E-state index in [1.54, 1.807) is 0 Å². The van der Waals surface area contributed by atoms with E-state index in [1.165, 1.54) is 18.0 Å². The largest absolute Gasteiger partial charge is 0.489 e. The molecular weight excluding hydrogens is 244 g/mol. The Hall–Kier alpha value is -1.75. The van der Waals surface area contributed by atoms with Gasteiger partial charge in [-0.25, -0.2) is 4.98 Å². The number of ether oxygens (including phenoxy) is 1. The Bertz CT molecular complexity index is 589. The molecule has 0 radical (unpaired) electrons. The summed E-state index contributed by atoms with van der Waals surface area (Å²) in [7, 11) is 1.38. The molecule has 2 aromatic heterocycles. The van der Waals surface area contributed by atoms with E-state index in [2.05, 4.69) is 4.98 Å². The van der Waals surface area contributed by atoms with Crippen LogP contribution < -0.4 is 10.3 Å². The second kappa shape index (κ2) is 4.63. The molecule has 0 aliphatic carbocycles. The zero-order valence-corrected chi connectivity index (χ0v) is 10.2. The van der Waals surface area contributed by atoms with Crippen LogP contribution in [0.1, 0.15) is 11.5 Å². The average molecular weight is 255 g/mol. The molecule has 2 heterocycles. The normalized spacial score (nSPS) is 10.5. The van der Waals surface area contributed by atoms with Crippen LogP contribution in [0.4, 0.5) is 0 Å². The summed E-state index contributed by atoms with van der Waals surface area (Å²) in [5.41, 5.74) is -0.332. The van der Waals surface area contributed by atoms with Crippen molar-refractivity contribution >= 4 is 11.6 Å². The molecule has 0 atom stereocenters. The molecule has 0 bridgehead atoms. The van der Waals surface area contributed by atoms with Gasteiger partial charge >= 0.3 is 0 Å². The number of rotatable bonds is 3. The summed E-state index contributed by atoms with van der Waals surface area (Å²) in [5.74, 6) is 1.51. The van der Waals surface area contributed by atoms with E-state index >= 15 is 0 Å². The van der Waals surface area contributed by atoms with Crippen LogP contribution in [-0.2, 0) is 6.54 Å². The number of hydrogen-bond donors (Lipinski definition) is 0. The standard InChI is InChI=1S/C11H11ClN2O3/c1-7-3-4-8(17-7)5-14-6-13-10(12)9(16-2)11(14)15/h3-4,6H,5H2,1-2H3. The SMILES string of the molecule is COc1c(Cl)ncn(Cc2ccc(C)o2)c1=O. The van der Waals surface area contributed by atoms with E-state index in [9.17, 15) is 4.79 Å². The molecule has 2 aromatic rings. The van der Waals surface area contributed by atoms with Gasteiger partial charge in [0.1, 0.15) is 11.5 Å². The predicted octanol–water partition coefficient (Wildman–Crippen LogP) is 1.86. The number of furan rings is 1. The topological polar surface area (TPSA) is 57.3 Å². The van der Waals surface area contributed by atoms with Crippen LogP contribution in [0.3, 0.4) is 0 Å². The molecule has 0 saturated carbocycles. The van der Waals surface area contributed by atoms with Gasteiger partial charge in [0, 0.05) is 0 Å². The summed E-state index contributed by atoms with van der Waals surface area (Å²) in [4.78, 5) is 15.8. The highest BCUT2D eigenvalue weighted by Crippen LogP contribution is 2.15. The van der Waals surface area contributed by atoms with E-state index < -0.39 is 0 Å². The molecule has 0 fully saturated rings. The van der Waals surface area contributed by atoms with E-state index in [0.29, 0.717) is 12.3 Å². The fraction of sp³-hybridized carbons (Fsp3) is 0.273. The summed E-state index contributed by atoms with van der Waals surface area (Å²) in [5, 5.41) is 0.0596. The molecule has 0 aromatic carbocycles. The fourth-order valence-electron chi connectivity index (χ4n) is 1.47. The second-order valence-corrected chi connectivity index (χ2v) is 3.87. The van der Waals surface area contributed by atoms with Gasteiger partial charge in [0.2, 0.25) is 5.75 Å². The summed E-state index contributed by atoms with van der Waals surface area (Å²) < 4.78 is 11.7. The number of hydrogen-bond acceptors (Lipinski definition) is 4. The molecule has 2 rings (SSSR count). The van der Waals surface area contributed by atoms with E-state index in [4.69, 9.17) is 20.8 Å². The van der Waals surface area contributed by atoms with Gasteiger partial charge in [-0.15, -0.1) is 0 Å². The third kappa shape index (κ3) is 2.34. The first-order valence-corrected chi connectivity index (χ1v) is 5.34. The maximum absolute atomic E-state index is 11.9. The van der Waals surface area contributed by atoms with Gasteiger partial charge in [0.05, 0.1) is 20.0 Å². The Morgan fingerprint density at radius 2 is 2.29 bits per heavy atom. The molecule has 90 valence electrons. The maximum atomic E-state index is 11.9. The van der Waals surface area contributed by atoms with Gasteiger partial charge in [-0.05, 0) is 19.1 Å². The first-order valence-electron chi connectivity index (χ1n) is 4.96. The van der Waals surface area contributed by atoms with Crippen LogP contribution in [0.2, 0.25) is 5.15 Å². The van der Waals surface area contributed by atoms with Crippen molar-refractivity contribution in [2.45, 2.75) is 13.5 Å². The van der Waals surface area contributed by atoms with Crippen molar-refractivity contribution in [1.29, 1.82) is 0 Å². The molecule has 0 aliphatic rings. The Labute approximate surface area is 103 Å². The maximum Gasteiger partial charge on any atom is 0.297 e. The molecule has 0 aliphatic heterocycles. The molecule has 0 unspecified atom stereocenters. The Kier molecular flexibility index (Phi) is 3.19. The Morgan fingerprint density at radius 1 is 1.53 bits per heavy atom. The summed E-state index contributed by atoms with van der Waals surface area (Å²) in [6.07, 6.45) is 1.37. The minimum absolute atomic E-state index is 0.0393. The molecule has 0 saturated heterocycles. The minimum Gasteiger partial charge on any atom is -0.489 e. The highest BCUT2D eigenvalue weighted by Gasteiger charge is 2.11. The minimum atomic E-state index is -0.332. The summed E-state index contributed by atoms with van der Waals surface area (Å²) in [6, 6.07) is 3.64. The highest BCUT2D eigenvalue weighted by atomic mass is 35.5. The second-order valence-electron chi connectivity index (χ2n) is 3.51. The number of methoxy groups -OCH3 is 1. The van der Waals surface area contributed by atoms with E-state index in [1.807, 2.05) is 19.1 Å². The van der Waals surface area contributed by atoms with Crippen molar-refractivity contribution in [1.82, 2.24) is 9.55 Å². The van der Waals surface area contributed by atoms with Crippen molar-refractivity contribution in [2.24, 2.45) is 0 Å². The molecule has 17 heavy (non-hydrogen) atoms. The zero-order chi connectivity index (χ0) is 12.4. The number of halogens is 1. The van der Waals surface area contributed by atoms with Gasteiger partial charge in [0.25, 0.3) is 5.56 Å². The first-order chi connectivity index (χ1) is 8.11. The quantitative estimate of drug-likeness (QED) is 0.785. The van der Waals surface area contributed by atoms with E-state index in [-0.39, 0.29) is 16.5 Å². The first kappa shape index (κ1) is 11.7. The average Bonchev–Trinajstić information content (AvgIpc) is 2.69. The third-order valence-electron chi connectivity index (χ3n) is 2.28. The summed E-state index contributed by atoms with van der Waals surface area (Å²) >= 11 is 5.74.